The maximum Gasteiger partial charge on any atom is 0.315 e. The predicted octanol–water partition coefficient (Wildman–Crippen LogP) is 3.81. The van der Waals surface area contributed by atoms with Crippen molar-refractivity contribution in [2.24, 2.45) is 5.73 Å². The van der Waals surface area contributed by atoms with Crippen molar-refractivity contribution in [3.63, 3.8) is 0 Å². The van der Waals surface area contributed by atoms with Crippen LogP contribution in [0.15, 0.2) is 54.7 Å². The standard InChI is InChI=1S/C33H44N6O3/c1-21(25-19-35-27-13-9-7-11-23(25)27)28(36-31(42)37-32(2,3)20-34)30(41)39-16-14-33(15-17-39)18-24(29(40)38(4)5)22-10-6-8-12-26(22)33/h6-13,19,21,24,28,35H,14-18,20,34H2,1-5H3,(H2,36,37,42)/t21-,24-,28-/m1/s1. The highest BCUT2D eigenvalue weighted by Crippen LogP contribution is 2.52. The molecule has 0 unspecified atom stereocenters. The van der Waals surface area contributed by atoms with Crippen LogP contribution in [0.1, 0.15) is 68.6 Å². The molecule has 2 heterocycles. The molecule has 4 amide bonds. The molecule has 9 nitrogen and oxygen atoms in total. The molecule has 1 fully saturated rings. The Morgan fingerprint density at radius 1 is 1.10 bits per heavy atom. The van der Waals surface area contributed by atoms with Gasteiger partial charge in [0, 0.05) is 67.7 Å². The summed E-state index contributed by atoms with van der Waals surface area (Å²) in [7, 11) is 3.62. The molecule has 0 radical (unpaired) electrons. The van der Waals surface area contributed by atoms with Gasteiger partial charge in [-0.2, -0.15) is 0 Å². The van der Waals surface area contributed by atoms with Gasteiger partial charge in [0.25, 0.3) is 0 Å². The zero-order chi connectivity index (χ0) is 30.2. The summed E-state index contributed by atoms with van der Waals surface area (Å²) in [6.07, 6.45) is 4.23. The SMILES string of the molecule is C[C@H](c1c[nH]c2ccccc12)[C@@H](NC(=O)NC(C)(C)CN)C(=O)N1CCC2(CC1)C[C@@H](C(=O)N(C)C)c1ccccc12. The average Bonchev–Trinajstić information content (AvgIpc) is 3.55. The van der Waals surface area contributed by atoms with Gasteiger partial charge >= 0.3 is 6.03 Å². The van der Waals surface area contributed by atoms with Gasteiger partial charge < -0.3 is 31.2 Å². The van der Waals surface area contributed by atoms with E-state index in [2.05, 4.69) is 27.8 Å². The monoisotopic (exact) mass is 572 g/mol. The molecule has 9 heteroatoms. The number of nitrogens with one attached hydrogen (secondary N) is 3. The van der Waals surface area contributed by atoms with Crippen LogP contribution in [0.3, 0.4) is 0 Å². The molecule has 3 atom stereocenters. The van der Waals surface area contributed by atoms with Gasteiger partial charge in [-0.15, -0.1) is 0 Å². The highest BCUT2D eigenvalue weighted by Gasteiger charge is 2.49. The van der Waals surface area contributed by atoms with Crippen molar-refractivity contribution in [1.29, 1.82) is 0 Å². The third-order valence-electron chi connectivity index (χ3n) is 9.40. The molecule has 1 aromatic heterocycles. The third-order valence-corrected chi connectivity index (χ3v) is 9.40. The summed E-state index contributed by atoms with van der Waals surface area (Å²) in [5.74, 6) is -0.425. The van der Waals surface area contributed by atoms with Crippen LogP contribution >= 0.6 is 0 Å². The number of likely N-dealkylation sites (tertiary alicyclic amines) is 1. The number of nitrogens with two attached hydrogens (primary N) is 1. The van der Waals surface area contributed by atoms with Crippen molar-refractivity contribution in [2.75, 3.05) is 33.7 Å². The van der Waals surface area contributed by atoms with E-state index in [4.69, 9.17) is 5.73 Å². The number of urea groups is 1. The second kappa shape index (κ2) is 11.4. The van der Waals surface area contributed by atoms with E-state index >= 15 is 0 Å². The summed E-state index contributed by atoms with van der Waals surface area (Å²) in [5, 5.41) is 6.96. The number of H-pyrrole nitrogens is 1. The van der Waals surface area contributed by atoms with Gasteiger partial charge in [0.1, 0.15) is 6.04 Å². The molecule has 224 valence electrons. The molecule has 1 aliphatic carbocycles. The number of fused-ring (bicyclic) bond motifs is 3. The lowest BCUT2D eigenvalue weighted by atomic mass is 9.73. The molecule has 1 aliphatic heterocycles. The van der Waals surface area contributed by atoms with Crippen LogP contribution in [0.4, 0.5) is 4.79 Å². The molecular formula is C33H44N6O3. The minimum Gasteiger partial charge on any atom is -0.361 e. The molecule has 2 aromatic carbocycles. The lowest BCUT2D eigenvalue weighted by Crippen LogP contribution is -2.59. The second-order valence-electron chi connectivity index (χ2n) is 12.9. The number of carbonyl (C=O) groups excluding carboxylic acids is 3. The Bertz CT molecular complexity index is 1470. The lowest BCUT2D eigenvalue weighted by molar-refractivity contribution is -0.136. The van der Waals surface area contributed by atoms with Crippen LogP contribution in [0.2, 0.25) is 0 Å². The van der Waals surface area contributed by atoms with Crippen molar-refractivity contribution in [3.05, 3.63) is 71.4 Å². The first-order chi connectivity index (χ1) is 20.0. The van der Waals surface area contributed by atoms with Crippen LogP contribution in [-0.4, -0.2) is 77.9 Å². The molecule has 3 aromatic rings. The van der Waals surface area contributed by atoms with Crippen LogP contribution in [0.25, 0.3) is 10.9 Å². The van der Waals surface area contributed by atoms with E-state index in [1.54, 1.807) is 4.90 Å². The Kier molecular flexibility index (Phi) is 8.07. The summed E-state index contributed by atoms with van der Waals surface area (Å²) >= 11 is 0. The first kappa shape index (κ1) is 29.6. The smallest absolute Gasteiger partial charge is 0.315 e. The Labute approximate surface area is 248 Å². The van der Waals surface area contributed by atoms with E-state index in [1.165, 1.54) is 5.56 Å². The van der Waals surface area contributed by atoms with E-state index in [0.29, 0.717) is 13.1 Å². The fraction of sp³-hybridized carbons (Fsp3) is 0.485. The van der Waals surface area contributed by atoms with Crippen molar-refractivity contribution in [3.8, 4) is 0 Å². The first-order valence-corrected chi connectivity index (χ1v) is 14.9. The van der Waals surface area contributed by atoms with Gasteiger partial charge in [-0.25, -0.2) is 4.79 Å². The highest BCUT2D eigenvalue weighted by atomic mass is 16.2. The van der Waals surface area contributed by atoms with E-state index < -0.39 is 17.6 Å². The van der Waals surface area contributed by atoms with Crippen molar-refractivity contribution in [1.82, 2.24) is 25.4 Å². The maximum atomic E-state index is 14.2. The van der Waals surface area contributed by atoms with Gasteiger partial charge in [-0.05, 0) is 55.9 Å². The zero-order valence-corrected chi connectivity index (χ0v) is 25.4. The lowest BCUT2D eigenvalue weighted by Gasteiger charge is -2.42. The molecule has 1 saturated heterocycles. The summed E-state index contributed by atoms with van der Waals surface area (Å²) in [6.45, 7) is 7.08. The minimum absolute atomic E-state index is 0.101. The van der Waals surface area contributed by atoms with E-state index in [1.807, 2.05) is 82.4 Å². The number of para-hydroxylation sites is 1. The number of piperidine rings is 1. The molecule has 42 heavy (non-hydrogen) atoms. The summed E-state index contributed by atoms with van der Waals surface area (Å²) in [5.41, 5.74) is 9.41. The first-order valence-electron chi connectivity index (χ1n) is 14.9. The third kappa shape index (κ3) is 5.50. The number of nitrogens with zero attached hydrogens (tertiary/aromatic N) is 2. The number of hydrogen-bond acceptors (Lipinski definition) is 4. The molecule has 0 bridgehead atoms. The van der Waals surface area contributed by atoms with Gasteiger partial charge in [-0.3, -0.25) is 9.59 Å². The molecule has 1 spiro atoms. The Balaban J connectivity index is 1.38. The molecule has 2 aliphatic rings. The van der Waals surface area contributed by atoms with E-state index in [-0.39, 0.29) is 35.6 Å². The van der Waals surface area contributed by atoms with Gasteiger partial charge in [0.15, 0.2) is 0 Å². The summed E-state index contributed by atoms with van der Waals surface area (Å²) in [6, 6.07) is 15.1. The highest BCUT2D eigenvalue weighted by molar-refractivity contribution is 5.91. The number of likely N-dealkylation sites (N-methyl/N-ethyl adjacent to an activating group) is 1. The number of rotatable bonds is 7. The van der Waals surface area contributed by atoms with Gasteiger partial charge in [-0.1, -0.05) is 49.4 Å². The maximum absolute atomic E-state index is 14.2. The topological polar surface area (TPSA) is 124 Å². The molecule has 5 N–H and O–H groups in total. The number of aromatic nitrogens is 1. The van der Waals surface area contributed by atoms with Crippen molar-refractivity contribution >= 4 is 28.7 Å². The number of hydrogen-bond donors (Lipinski definition) is 4. The van der Waals surface area contributed by atoms with Gasteiger partial charge in [0.2, 0.25) is 11.8 Å². The van der Waals surface area contributed by atoms with E-state index in [0.717, 1.165) is 41.3 Å². The van der Waals surface area contributed by atoms with Crippen molar-refractivity contribution < 1.29 is 14.4 Å². The van der Waals surface area contributed by atoms with Crippen LogP contribution in [0, 0.1) is 0 Å². The predicted molar refractivity (Wildman–Crippen MR) is 165 cm³/mol. The Morgan fingerprint density at radius 2 is 1.76 bits per heavy atom. The Hall–Kier alpha value is -3.85. The van der Waals surface area contributed by atoms with Crippen LogP contribution in [-0.2, 0) is 15.0 Å². The van der Waals surface area contributed by atoms with Crippen LogP contribution < -0.4 is 16.4 Å². The summed E-state index contributed by atoms with van der Waals surface area (Å²) < 4.78 is 0. The summed E-state index contributed by atoms with van der Waals surface area (Å²) in [4.78, 5) is 47.4. The minimum atomic E-state index is -0.772. The number of aromatic amines is 1. The fourth-order valence-electron chi connectivity index (χ4n) is 6.84. The number of amides is 4. The number of benzene rings is 2. The van der Waals surface area contributed by atoms with Gasteiger partial charge in [0.05, 0.1) is 5.92 Å². The fourth-order valence-corrected chi connectivity index (χ4v) is 6.84. The Morgan fingerprint density at radius 3 is 2.45 bits per heavy atom. The largest absolute Gasteiger partial charge is 0.361 e. The number of carbonyl (C=O) groups is 3. The average molecular weight is 573 g/mol. The van der Waals surface area contributed by atoms with Crippen molar-refractivity contribution in [2.45, 2.75) is 68.9 Å². The molecule has 0 saturated carbocycles. The van der Waals surface area contributed by atoms with Crippen LogP contribution in [0.5, 0.6) is 0 Å². The molecule has 5 rings (SSSR count). The van der Waals surface area contributed by atoms with E-state index in [9.17, 15) is 14.4 Å². The zero-order valence-electron chi connectivity index (χ0n) is 25.4. The normalized spacial score (nSPS) is 19.3. The second-order valence-corrected chi connectivity index (χ2v) is 12.9. The molecular weight excluding hydrogens is 528 g/mol. The quantitative estimate of drug-likeness (QED) is 0.344.